The molecule has 1 radical (unpaired) electrons. The largest absolute Gasteiger partial charge is 0.381 e. The van der Waals surface area contributed by atoms with E-state index in [0.29, 0.717) is 17.8 Å². The topological polar surface area (TPSA) is 49.1 Å². The second-order valence-corrected chi connectivity index (χ2v) is 8.03. The molecule has 0 amide bonds. The number of nitrogens with zero attached hydrogens (tertiary/aromatic N) is 3. The van der Waals surface area contributed by atoms with Crippen molar-refractivity contribution < 1.29 is 37.4 Å². The second kappa shape index (κ2) is 15.5. The van der Waals surface area contributed by atoms with Crippen LogP contribution in [0.2, 0.25) is 0 Å². The normalized spacial score (nSPS) is 11.0. The molecule has 24 heavy (non-hydrogen) atoms. The van der Waals surface area contributed by atoms with Crippen LogP contribution >= 0.6 is 0 Å². The van der Waals surface area contributed by atoms with Gasteiger partial charge in [0.05, 0.1) is 0 Å². The van der Waals surface area contributed by atoms with Crippen molar-refractivity contribution in [1.29, 1.82) is 0 Å². The van der Waals surface area contributed by atoms with E-state index in [2.05, 4.69) is 70.8 Å². The Balaban J connectivity index is 0. The minimum absolute atomic E-state index is 0. The third-order valence-corrected chi connectivity index (χ3v) is 3.16. The fourth-order valence-electron chi connectivity index (χ4n) is 1.97. The SMILES string of the molecule is CC(C)CCOCC(C)C.CC(C)Cc1nn[n-]c1CC(C)C.[Y]. The van der Waals surface area contributed by atoms with Crippen molar-refractivity contribution in [2.24, 2.45) is 23.7 Å². The maximum Gasteiger partial charge on any atom is 0.0488 e. The van der Waals surface area contributed by atoms with Crippen LogP contribution in [-0.4, -0.2) is 23.5 Å². The minimum Gasteiger partial charge on any atom is -0.381 e. The average Bonchev–Trinajstić information content (AvgIpc) is 2.81. The smallest absolute Gasteiger partial charge is 0.0488 e. The molecule has 0 spiro atoms. The molecule has 1 aromatic heterocycles. The van der Waals surface area contributed by atoms with E-state index in [0.717, 1.165) is 43.4 Å². The molecule has 1 aromatic rings. The van der Waals surface area contributed by atoms with Crippen molar-refractivity contribution in [3.63, 3.8) is 0 Å². The molecule has 0 bridgehead atoms. The summed E-state index contributed by atoms with van der Waals surface area (Å²) in [6.07, 6.45) is 3.18. The Hall–Kier alpha value is 0.204. The Morgan fingerprint density at radius 2 is 1.42 bits per heavy atom. The number of aromatic nitrogens is 3. The molecule has 1 rings (SSSR count). The van der Waals surface area contributed by atoms with Crippen molar-refractivity contribution in [2.75, 3.05) is 13.2 Å². The van der Waals surface area contributed by atoms with Crippen LogP contribution in [0.4, 0.5) is 0 Å². The van der Waals surface area contributed by atoms with Gasteiger partial charge < -0.3 is 14.9 Å². The van der Waals surface area contributed by atoms with Crippen molar-refractivity contribution in [2.45, 2.75) is 74.7 Å². The van der Waals surface area contributed by atoms with E-state index in [-0.39, 0.29) is 32.7 Å². The molecule has 0 aliphatic rings. The molecule has 0 unspecified atom stereocenters. The summed E-state index contributed by atoms with van der Waals surface area (Å²) < 4.78 is 5.41. The first-order valence-corrected chi connectivity index (χ1v) is 9.13. The zero-order valence-corrected chi connectivity index (χ0v) is 20.0. The molecule has 4 nitrogen and oxygen atoms in total. The molecule has 0 saturated carbocycles. The standard InChI is InChI=1S/C10H18N3.C9H20O.Y/c1-7(2)5-9-10(6-8(3)4)12-13-11-9;1-8(2)5-6-10-7-9(3)4;/h7-8H,5-6H2,1-4H3;8-9H,5-7H2,1-4H3;/q-1;;. The number of rotatable bonds is 9. The van der Waals surface area contributed by atoms with Gasteiger partial charge in [0.15, 0.2) is 0 Å². The zero-order valence-electron chi connectivity index (χ0n) is 17.2. The van der Waals surface area contributed by atoms with Crippen LogP contribution < -0.4 is 5.10 Å². The molecule has 0 fully saturated rings. The third kappa shape index (κ3) is 15.7. The molecule has 0 saturated heterocycles. The molecule has 0 N–H and O–H groups in total. The van der Waals surface area contributed by atoms with Crippen molar-refractivity contribution in [3.05, 3.63) is 11.4 Å². The first kappa shape index (κ1) is 26.4. The van der Waals surface area contributed by atoms with E-state index >= 15 is 0 Å². The minimum atomic E-state index is 0. The Labute approximate surface area is 175 Å². The number of ether oxygens (including phenoxy) is 1. The summed E-state index contributed by atoms with van der Waals surface area (Å²) in [7, 11) is 0. The van der Waals surface area contributed by atoms with E-state index in [1.807, 2.05) is 0 Å². The van der Waals surface area contributed by atoms with Gasteiger partial charge in [-0.15, -0.1) is 0 Å². The monoisotopic (exact) mass is 413 g/mol. The second-order valence-electron chi connectivity index (χ2n) is 8.03. The Bertz CT molecular complexity index is 355. The molecule has 139 valence electrons. The van der Waals surface area contributed by atoms with Crippen LogP contribution in [0.1, 0.15) is 73.2 Å². The summed E-state index contributed by atoms with van der Waals surface area (Å²) in [5, 5.41) is 11.8. The molecule has 0 aliphatic carbocycles. The van der Waals surface area contributed by atoms with Gasteiger partial charge in [0.1, 0.15) is 0 Å². The average molecular weight is 413 g/mol. The van der Waals surface area contributed by atoms with E-state index in [1.165, 1.54) is 6.42 Å². The first-order valence-electron chi connectivity index (χ1n) is 9.13. The van der Waals surface area contributed by atoms with E-state index < -0.39 is 0 Å². The van der Waals surface area contributed by atoms with Crippen LogP contribution in [0.15, 0.2) is 0 Å². The van der Waals surface area contributed by atoms with E-state index in [4.69, 9.17) is 4.74 Å². The van der Waals surface area contributed by atoms with Crippen molar-refractivity contribution in [1.82, 2.24) is 15.4 Å². The number of hydrogen-bond acceptors (Lipinski definition) is 3. The third-order valence-electron chi connectivity index (χ3n) is 3.16. The van der Waals surface area contributed by atoms with Crippen molar-refractivity contribution >= 4 is 0 Å². The van der Waals surface area contributed by atoms with Gasteiger partial charge in [-0.05, 0) is 54.3 Å². The van der Waals surface area contributed by atoms with Crippen LogP contribution in [0, 0.1) is 23.7 Å². The van der Waals surface area contributed by atoms with Crippen LogP contribution in [-0.2, 0) is 50.3 Å². The van der Waals surface area contributed by atoms with Crippen molar-refractivity contribution in [3.8, 4) is 0 Å². The van der Waals surface area contributed by atoms with E-state index in [1.54, 1.807) is 0 Å². The fraction of sp³-hybridized carbons (Fsp3) is 0.895. The fourth-order valence-corrected chi connectivity index (χ4v) is 1.97. The van der Waals surface area contributed by atoms with E-state index in [9.17, 15) is 0 Å². The van der Waals surface area contributed by atoms with Gasteiger partial charge in [0.25, 0.3) is 0 Å². The predicted molar refractivity (Wildman–Crippen MR) is 97.5 cm³/mol. The summed E-state index contributed by atoms with van der Waals surface area (Å²) >= 11 is 0. The predicted octanol–water partition coefficient (Wildman–Crippen LogP) is 4.53. The first-order chi connectivity index (χ1) is 10.7. The van der Waals surface area contributed by atoms with Crippen LogP contribution in [0.5, 0.6) is 0 Å². The Kier molecular flexibility index (Phi) is 17.0. The van der Waals surface area contributed by atoms with Crippen LogP contribution in [0.3, 0.4) is 0 Å². The molecular weight excluding hydrogens is 375 g/mol. The summed E-state index contributed by atoms with van der Waals surface area (Å²) in [4.78, 5) is 0. The summed E-state index contributed by atoms with van der Waals surface area (Å²) in [6.45, 7) is 19.4. The molecular formula is C19H38N3OY-. The molecule has 5 heteroatoms. The summed E-state index contributed by atoms with van der Waals surface area (Å²) in [5.41, 5.74) is 2.17. The van der Waals surface area contributed by atoms with Gasteiger partial charge in [-0.1, -0.05) is 55.4 Å². The van der Waals surface area contributed by atoms with Gasteiger partial charge in [-0.2, -0.15) is 0 Å². The molecule has 0 aromatic carbocycles. The maximum absolute atomic E-state index is 5.41. The van der Waals surface area contributed by atoms with Gasteiger partial charge in [0, 0.05) is 45.9 Å². The maximum atomic E-state index is 5.41. The van der Waals surface area contributed by atoms with Gasteiger partial charge in [0.2, 0.25) is 0 Å². The quantitative estimate of drug-likeness (QED) is 0.558. The van der Waals surface area contributed by atoms with Gasteiger partial charge in [-0.25, -0.2) is 0 Å². The van der Waals surface area contributed by atoms with Gasteiger partial charge >= 0.3 is 0 Å². The molecule has 1 heterocycles. The summed E-state index contributed by atoms with van der Waals surface area (Å²) in [5.74, 6) is 2.70. The Morgan fingerprint density at radius 3 is 1.88 bits per heavy atom. The Morgan fingerprint density at radius 1 is 0.833 bits per heavy atom. The molecule has 0 atom stereocenters. The molecule has 0 aliphatic heterocycles. The van der Waals surface area contributed by atoms with Gasteiger partial charge in [-0.3, -0.25) is 5.21 Å². The zero-order chi connectivity index (χ0) is 17.8. The summed E-state index contributed by atoms with van der Waals surface area (Å²) in [6, 6.07) is 0. The van der Waals surface area contributed by atoms with Crippen LogP contribution in [0.25, 0.3) is 0 Å². The number of hydrogen-bond donors (Lipinski definition) is 0.